The van der Waals surface area contributed by atoms with Gasteiger partial charge in [-0.05, 0) is 31.0 Å². The van der Waals surface area contributed by atoms with E-state index in [1.54, 1.807) is 12.1 Å². The van der Waals surface area contributed by atoms with Gasteiger partial charge in [0.15, 0.2) is 0 Å². The van der Waals surface area contributed by atoms with Gasteiger partial charge >= 0.3 is 11.9 Å². The molecule has 2 N–H and O–H groups in total. The number of benzene rings is 1. The first-order valence-electron chi connectivity index (χ1n) is 5.83. The topological polar surface area (TPSA) is 77.8 Å². The van der Waals surface area contributed by atoms with Crippen LogP contribution < -0.4 is 0 Å². The Bertz CT molecular complexity index is 446. The summed E-state index contributed by atoms with van der Waals surface area (Å²) in [6, 6.07) is 6.35. The van der Waals surface area contributed by atoms with E-state index in [1.807, 2.05) is 12.1 Å². The van der Waals surface area contributed by atoms with Gasteiger partial charge in [0.05, 0.1) is 6.54 Å². The third kappa shape index (κ3) is 5.28. The van der Waals surface area contributed by atoms with E-state index in [1.165, 1.54) is 11.8 Å². The zero-order valence-corrected chi connectivity index (χ0v) is 11.3. The van der Waals surface area contributed by atoms with Crippen LogP contribution in [-0.2, 0) is 16.0 Å². The number of nitrogens with zero attached hydrogens (tertiary/aromatic N) is 1. The number of carboxylic acid groups (broad SMARTS) is 2. The van der Waals surface area contributed by atoms with Crippen LogP contribution in [0, 0.1) is 0 Å². The van der Waals surface area contributed by atoms with Crippen LogP contribution in [0.15, 0.2) is 24.3 Å². The lowest BCUT2D eigenvalue weighted by Gasteiger charge is -2.24. The lowest BCUT2D eigenvalue weighted by atomic mass is 10.1. The minimum Gasteiger partial charge on any atom is -0.480 e. The van der Waals surface area contributed by atoms with Crippen molar-refractivity contribution in [3.8, 4) is 0 Å². The third-order valence-corrected chi connectivity index (χ3v) is 3.10. The molecule has 0 aliphatic rings. The molecule has 0 heterocycles. The van der Waals surface area contributed by atoms with Crippen LogP contribution in [0.2, 0.25) is 5.02 Å². The lowest BCUT2D eigenvalue weighted by molar-refractivity contribution is -0.145. The quantitative estimate of drug-likeness (QED) is 0.798. The van der Waals surface area contributed by atoms with Crippen molar-refractivity contribution >= 4 is 23.5 Å². The molecule has 0 aromatic heterocycles. The van der Waals surface area contributed by atoms with Gasteiger partial charge in [-0.15, -0.1) is 0 Å². The molecule has 6 heteroatoms. The molecule has 1 aromatic carbocycles. The van der Waals surface area contributed by atoms with Gasteiger partial charge in [0.2, 0.25) is 0 Å². The number of hydrogen-bond donors (Lipinski definition) is 2. The Hall–Kier alpha value is -1.59. The number of carbonyl (C=O) groups is 2. The fourth-order valence-electron chi connectivity index (χ4n) is 1.66. The standard InChI is InChI=1S/C13H16ClNO4/c1-9(13(18)19)15(8-12(16)17)7-6-10-2-4-11(14)5-3-10/h2-5,9H,6-8H2,1H3,(H,16,17)(H,18,19)/t9-/m1/s1. The molecule has 1 aromatic rings. The summed E-state index contributed by atoms with van der Waals surface area (Å²) in [4.78, 5) is 23.1. The molecule has 19 heavy (non-hydrogen) atoms. The maximum Gasteiger partial charge on any atom is 0.320 e. The number of hydrogen-bond acceptors (Lipinski definition) is 3. The predicted molar refractivity (Wildman–Crippen MR) is 71.5 cm³/mol. The summed E-state index contributed by atoms with van der Waals surface area (Å²) >= 11 is 5.77. The first-order chi connectivity index (χ1) is 8.90. The summed E-state index contributed by atoms with van der Waals surface area (Å²) in [6.07, 6.45) is 0.571. The van der Waals surface area contributed by atoms with Gasteiger partial charge in [0.1, 0.15) is 6.04 Å². The molecule has 1 atom stereocenters. The molecule has 0 saturated heterocycles. The Balaban J connectivity index is 2.64. The van der Waals surface area contributed by atoms with Gasteiger partial charge in [-0.2, -0.15) is 0 Å². The van der Waals surface area contributed by atoms with E-state index in [0.29, 0.717) is 18.0 Å². The molecule has 0 aliphatic carbocycles. The van der Waals surface area contributed by atoms with Crippen molar-refractivity contribution in [1.82, 2.24) is 4.90 Å². The molecule has 0 fully saturated rings. The Kier molecular flexibility index (Phi) is 5.79. The maximum atomic E-state index is 10.9. The van der Waals surface area contributed by atoms with Crippen LogP contribution in [0.3, 0.4) is 0 Å². The van der Waals surface area contributed by atoms with Gasteiger partial charge in [-0.1, -0.05) is 23.7 Å². The molecule has 0 radical (unpaired) electrons. The van der Waals surface area contributed by atoms with Gasteiger partial charge in [-0.3, -0.25) is 14.5 Å². The van der Waals surface area contributed by atoms with E-state index < -0.39 is 18.0 Å². The van der Waals surface area contributed by atoms with Crippen LogP contribution in [0.25, 0.3) is 0 Å². The van der Waals surface area contributed by atoms with Crippen molar-refractivity contribution in [3.63, 3.8) is 0 Å². The average Bonchev–Trinajstić information content (AvgIpc) is 2.35. The number of carboxylic acids is 2. The highest BCUT2D eigenvalue weighted by Crippen LogP contribution is 2.11. The van der Waals surface area contributed by atoms with Crippen molar-refractivity contribution in [2.45, 2.75) is 19.4 Å². The monoisotopic (exact) mass is 285 g/mol. The minimum absolute atomic E-state index is 0.291. The van der Waals surface area contributed by atoms with Gasteiger partial charge in [-0.25, -0.2) is 0 Å². The Labute approximate surface area is 116 Å². The van der Waals surface area contributed by atoms with Crippen molar-refractivity contribution in [2.75, 3.05) is 13.1 Å². The molecule has 1 rings (SSSR count). The SMILES string of the molecule is C[C@H](C(=O)O)N(CCc1ccc(Cl)cc1)CC(=O)O. The van der Waals surface area contributed by atoms with Crippen molar-refractivity contribution in [1.29, 1.82) is 0 Å². The van der Waals surface area contributed by atoms with Gasteiger partial charge < -0.3 is 10.2 Å². The van der Waals surface area contributed by atoms with Crippen LogP contribution in [0.5, 0.6) is 0 Å². The zero-order chi connectivity index (χ0) is 14.4. The first kappa shape index (κ1) is 15.5. The molecular formula is C13H16ClNO4. The van der Waals surface area contributed by atoms with Crippen LogP contribution in [0.1, 0.15) is 12.5 Å². The molecule has 104 valence electrons. The van der Waals surface area contributed by atoms with Crippen molar-refractivity contribution in [2.24, 2.45) is 0 Å². The van der Waals surface area contributed by atoms with E-state index in [9.17, 15) is 9.59 Å². The molecule has 0 spiro atoms. The van der Waals surface area contributed by atoms with E-state index in [0.717, 1.165) is 5.56 Å². The maximum absolute atomic E-state index is 10.9. The number of rotatable bonds is 7. The van der Waals surface area contributed by atoms with Crippen molar-refractivity contribution < 1.29 is 19.8 Å². The van der Waals surface area contributed by atoms with Gasteiger partial charge in [0, 0.05) is 11.6 Å². The van der Waals surface area contributed by atoms with E-state index in [4.69, 9.17) is 21.8 Å². The highest BCUT2D eigenvalue weighted by molar-refractivity contribution is 6.30. The Morgan fingerprint density at radius 2 is 1.84 bits per heavy atom. The van der Waals surface area contributed by atoms with E-state index in [-0.39, 0.29) is 6.54 Å². The van der Waals surface area contributed by atoms with Gasteiger partial charge in [0.25, 0.3) is 0 Å². The lowest BCUT2D eigenvalue weighted by Crippen LogP contribution is -2.43. The summed E-state index contributed by atoms with van der Waals surface area (Å²) in [5.74, 6) is -2.07. The van der Waals surface area contributed by atoms with E-state index >= 15 is 0 Å². The summed E-state index contributed by atoms with van der Waals surface area (Å²) in [6.45, 7) is 1.55. The summed E-state index contributed by atoms with van der Waals surface area (Å²) in [7, 11) is 0. The molecule has 0 aliphatic heterocycles. The number of aliphatic carboxylic acids is 2. The predicted octanol–water partition coefficient (Wildman–Crippen LogP) is 1.74. The number of halogens is 1. The summed E-state index contributed by atoms with van der Waals surface area (Å²) in [5, 5.41) is 18.4. The normalized spacial score (nSPS) is 12.4. The van der Waals surface area contributed by atoms with Crippen molar-refractivity contribution in [3.05, 3.63) is 34.9 Å². The first-order valence-corrected chi connectivity index (χ1v) is 6.21. The summed E-state index contributed by atoms with van der Waals surface area (Å²) in [5.41, 5.74) is 0.984. The Morgan fingerprint density at radius 1 is 1.26 bits per heavy atom. The minimum atomic E-state index is -1.04. The molecule has 0 amide bonds. The van der Waals surface area contributed by atoms with E-state index in [2.05, 4.69) is 0 Å². The van der Waals surface area contributed by atoms with Crippen LogP contribution in [-0.4, -0.2) is 46.2 Å². The molecular weight excluding hydrogens is 270 g/mol. The fraction of sp³-hybridized carbons (Fsp3) is 0.385. The summed E-state index contributed by atoms with van der Waals surface area (Å²) < 4.78 is 0. The largest absolute Gasteiger partial charge is 0.480 e. The van der Waals surface area contributed by atoms with Crippen LogP contribution >= 0.6 is 11.6 Å². The molecule has 0 saturated carbocycles. The molecule has 5 nitrogen and oxygen atoms in total. The Morgan fingerprint density at radius 3 is 2.32 bits per heavy atom. The second-order valence-electron chi connectivity index (χ2n) is 4.25. The third-order valence-electron chi connectivity index (χ3n) is 2.84. The average molecular weight is 286 g/mol. The highest BCUT2D eigenvalue weighted by atomic mass is 35.5. The second-order valence-corrected chi connectivity index (χ2v) is 4.69. The highest BCUT2D eigenvalue weighted by Gasteiger charge is 2.22. The molecule has 0 bridgehead atoms. The zero-order valence-electron chi connectivity index (χ0n) is 10.5. The smallest absolute Gasteiger partial charge is 0.320 e. The fourth-order valence-corrected chi connectivity index (χ4v) is 1.79. The second kappa shape index (κ2) is 7.11. The van der Waals surface area contributed by atoms with Crippen LogP contribution in [0.4, 0.5) is 0 Å². The molecule has 0 unspecified atom stereocenters.